The lowest BCUT2D eigenvalue weighted by molar-refractivity contribution is 0.647. The van der Waals surface area contributed by atoms with Gasteiger partial charge in [0.15, 0.2) is 0 Å². The van der Waals surface area contributed by atoms with Gasteiger partial charge < -0.3 is 0 Å². The quantitative estimate of drug-likeness (QED) is 0.518. The van der Waals surface area contributed by atoms with E-state index in [9.17, 15) is 0 Å². The van der Waals surface area contributed by atoms with E-state index in [2.05, 4.69) is 80.6 Å². The van der Waals surface area contributed by atoms with Gasteiger partial charge in [-0.15, -0.1) is 0 Å². The minimum absolute atomic E-state index is 0.673. The second-order valence-corrected chi connectivity index (χ2v) is 6.64. The van der Waals surface area contributed by atoms with Gasteiger partial charge in [-0.1, -0.05) is 80.1 Å². The maximum absolute atomic E-state index is 2.41. The summed E-state index contributed by atoms with van der Waals surface area (Å²) in [7, 11) is 0. The molecule has 3 aromatic rings. The van der Waals surface area contributed by atoms with Gasteiger partial charge >= 0.3 is 0 Å². The molecule has 0 aromatic heterocycles. The normalized spacial score (nSPS) is 14.6. The van der Waals surface area contributed by atoms with Crippen LogP contribution in [0.4, 0.5) is 0 Å². The molecule has 3 aromatic carbocycles. The standard InChI is InChI=1S/C23H22/c1-3-16(2)21-14-19-9-6-10-22(23(19)15-21)20-12-11-17-7-4-5-8-18(17)13-20/h4-14,16H,3,15H2,1-2H3. The zero-order valence-electron chi connectivity index (χ0n) is 13.8. The highest BCUT2D eigenvalue weighted by Gasteiger charge is 2.19. The van der Waals surface area contributed by atoms with Crippen LogP contribution < -0.4 is 0 Å². The summed E-state index contributed by atoms with van der Waals surface area (Å²) in [6, 6.07) is 22.1. The summed E-state index contributed by atoms with van der Waals surface area (Å²) in [4.78, 5) is 0. The van der Waals surface area contributed by atoms with Crippen LogP contribution in [0.1, 0.15) is 31.4 Å². The van der Waals surface area contributed by atoms with Crippen LogP contribution in [0.5, 0.6) is 0 Å². The van der Waals surface area contributed by atoms with Gasteiger partial charge in [-0.2, -0.15) is 0 Å². The zero-order valence-corrected chi connectivity index (χ0v) is 13.8. The molecule has 1 unspecified atom stereocenters. The Bertz CT molecular complexity index is 899. The third-order valence-corrected chi connectivity index (χ3v) is 5.24. The third-order valence-electron chi connectivity index (χ3n) is 5.24. The van der Waals surface area contributed by atoms with E-state index in [1.165, 1.54) is 39.4 Å². The smallest absolute Gasteiger partial charge is 0.00490 e. The van der Waals surface area contributed by atoms with E-state index >= 15 is 0 Å². The second-order valence-electron chi connectivity index (χ2n) is 6.64. The molecule has 0 amide bonds. The first kappa shape index (κ1) is 14.3. The molecule has 0 aliphatic heterocycles. The molecule has 0 heterocycles. The maximum Gasteiger partial charge on any atom is -0.00490 e. The summed E-state index contributed by atoms with van der Waals surface area (Å²) in [6.07, 6.45) is 4.73. The lowest BCUT2D eigenvalue weighted by Gasteiger charge is -2.12. The average molecular weight is 298 g/mol. The lowest BCUT2D eigenvalue weighted by atomic mass is 9.92. The van der Waals surface area contributed by atoms with E-state index in [1.54, 1.807) is 5.57 Å². The molecular weight excluding hydrogens is 276 g/mol. The van der Waals surface area contributed by atoms with Gasteiger partial charge in [0.2, 0.25) is 0 Å². The van der Waals surface area contributed by atoms with Crippen LogP contribution in [0, 0.1) is 5.92 Å². The van der Waals surface area contributed by atoms with Crippen molar-refractivity contribution < 1.29 is 0 Å². The van der Waals surface area contributed by atoms with Crippen molar-refractivity contribution in [3.63, 3.8) is 0 Å². The topological polar surface area (TPSA) is 0 Å². The Morgan fingerprint density at radius 3 is 2.57 bits per heavy atom. The van der Waals surface area contributed by atoms with Crippen LogP contribution in [0.25, 0.3) is 28.0 Å². The molecule has 1 aliphatic rings. The minimum Gasteiger partial charge on any atom is -0.0648 e. The van der Waals surface area contributed by atoms with Crippen LogP contribution in [0.2, 0.25) is 0 Å². The molecule has 0 nitrogen and oxygen atoms in total. The van der Waals surface area contributed by atoms with E-state index in [4.69, 9.17) is 0 Å². The Morgan fingerprint density at radius 1 is 0.913 bits per heavy atom. The van der Waals surface area contributed by atoms with Crippen molar-refractivity contribution in [2.45, 2.75) is 26.7 Å². The summed E-state index contributed by atoms with van der Waals surface area (Å²) in [5.74, 6) is 0.673. The zero-order chi connectivity index (χ0) is 15.8. The van der Waals surface area contributed by atoms with E-state index in [-0.39, 0.29) is 0 Å². The summed E-state index contributed by atoms with van der Waals surface area (Å²) < 4.78 is 0. The second kappa shape index (κ2) is 5.70. The number of fused-ring (bicyclic) bond motifs is 2. The lowest BCUT2D eigenvalue weighted by Crippen LogP contribution is -1.98. The molecular formula is C23H22. The number of benzene rings is 3. The fourth-order valence-electron chi connectivity index (χ4n) is 3.60. The van der Waals surface area contributed by atoms with Crippen molar-refractivity contribution in [3.8, 4) is 11.1 Å². The first-order valence-corrected chi connectivity index (χ1v) is 8.58. The van der Waals surface area contributed by atoms with Crippen molar-refractivity contribution in [2.24, 2.45) is 5.92 Å². The van der Waals surface area contributed by atoms with Crippen molar-refractivity contribution in [1.82, 2.24) is 0 Å². The molecule has 4 rings (SSSR count). The molecule has 0 heteroatoms. The van der Waals surface area contributed by atoms with Gasteiger partial charge in [0.1, 0.15) is 0 Å². The summed E-state index contributed by atoms with van der Waals surface area (Å²) in [5.41, 5.74) is 7.21. The summed E-state index contributed by atoms with van der Waals surface area (Å²) in [6.45, 7) is 4.62. The highest BCUT2D eigenvalue weighted by atomic mass is 14.2. The Kier molecular flexibility index (Phi) is 3.53. The molecule has 0 fully saturated rings. The Morgan fingerprint density at radius 2 is 1.74 bits per heavy atom. The average Bonchev–Trinajstić information content (AvgIpc) is 3.04. The predicted octanol–water partition coefficient (Wildman–Crippen LogP) is 6.49. The molecule has 0 N–H and O–H groups in total. The van der Waals surface area contributed by atoms with Crippen LogP contribution in [0.15, 0.2) is 66.2 Å². The van der Waals surface area contributed by atoms with Crippen molar-refractivity contribution in [1.29, 1.82) is 0 Å². The van der Waals surface area contributed by atoms with Gasteiger partial charge in [-0.25, -0.2) is 0 Å². The molecule has 1 aliphatic carbocycles. The molecule has 0 spiro atoms. The van der Waals surface area contributed by atoms with Crippen LogP contribution in [-0.4, -0.2) is 0 Å². The number of hydrogen-bond donors (Lipinski definition) is 0. The van der Waals surface area contributed by atoms with Crippen LogP contribution >= 0.6 is 0 Å². The maximum atomic E-state index is 2.41. The molecule has 0 radical (unpaired) electrons. The van der Waals surface area contributed by atoms with E-state index in [0.717, 1.165) is 6.42 Å². The van der Waals surface area contributed by atoms with Gasteiger partial charge in [0.05, 0.1) is 0 Å². The Labute approximate surface area is 138 Å². The highest BCUT2D eigenvalue weighted by molar-refractivity contribution is 5.88. The van der Waals surface area contributed by atoms with Crippen LogP contribution in [-0.2, 0) is 6.42 Å². The predicted molar refractivity (Wildman–Crippen MR) is 101 cm³/mol. The SMILES string of the molecule is CCC(C)C1=Cc2cccc(-c3ccc4ccccc4c3)c2C1. The van der Waals surface area contributed by atoms with Gasteiger partial charge in [-0.3, -0.25) is 0 Å². The largest absolute Gasteiger partial charge is 0.0648 e. The van der Waals surface area contributed by atoms with E-state index in [0.29, 0.717) is 5.92 Å². The monoisotopic (exact) mass is 298 g/mol. The van der Waals surface area contributed by atoms with Gasteiger partial charge in [-0.05, 0) is 57.9 Å². The Hall–Kier alpha value is -2.34. The highest BCUT2D eigenvalue weighted by Crippen LogP contribution is 2.37. The van der Waals surface area contributed by atoms with Crippen molar-refractivity contribution in [2.75, 3.05) is 0 Å². The molecule has 1 atom stereocenters. The first-order chi connectivity index (χ1) is 11.3. The minimum atomic E-state index is 0.673. The number of allylic oxidation sites excluding steroid dienone is 1. The molecule has 114 valence electrons. The van der Waals surface area contributed by atoms with Crippen LogP contribution in [0.3, 0.4) is 0 Å². The fourth-order valence-corrected chi connectivity index (χ4v) is 3.60. The number of rotatable bonds is 3. The van der Waals surface area contributed by atoms with Gasteiger partial charge in [0.25, 0.3) is 0 Å². The van der Waals surface area contributed by atoms with E-state index in [1.807, 2.05) is 0 Å². The third kappa shape index (κ3) is 2.49. The van der Waals surface area contributed by atoms with Crippen molar-refractivity contribution >= 4 is 16.8 Å². The van der Waals surface area contributed by atoms with Gasteiger partial charge in [0, 0.05) is 0 Å². The molecule has 0 bridgehead atoms. The summed E-state index contributed by atoms with van der Waals surface area (Å²) in [5, 5.41) is 2.62. The first-order valence-electron chi connectivity index (χ1n) is 8.58. The molecule has 0 saturated heterocycles. The fraction of sp³-hybridized carbons (Fsp3) is 0.217. The van der Waals surface area contributed by atoms with E-state index < -0.39 is 0 Å². The summed E-state index contributed by atoms with van der Waals surface area (Å²) >= 11 is 0. The van der Waals surface area contributed by atoms with Crippen molar-refractivity contribution in [3.05, 3.63) is 77.4 Å². The number of hydrogen-bond acceptors (Lipinski definition) is 0. The Balaban J connectivity index is 1.79. The molecule has 23 heavy (non-hydrogen) atoms. The molecule has 0 saturated carbocycles.